The van der Waals surface area contributed by atoms with Crippen LogP contribution >= 0.6 is 0 Å². The number of rotatable bonds is 10. The van der Waals surface area contributed by atoms with Crippen LogP contribution in [0.3, 0.4) is 0 Å². The van der Waals surface area contributed by atoms with Crippen molar-refractivity contribution in [1.29, 1.82) is 0 Å². The molecule has 12 nitrogen and oxygen atoms in total. The number of nitrogens with zero attached hydrogens (tertiary/aromatic N) is 4. The molecule has 0 spiro atoms. The van der Waals surface area contributed by atoms with E-state index in [-0.39, 0.29) is 23.8 Å². The van der Waals surface area contributed by atoms with Gasteiger partial charge in [-0.1, -0.05) is 24.3 Å². The Morgan fingerprint density at radius 2 is 0.950 bits per heavy atom. The normalized spacial score (nSPS) is 16.5. The Balaban J connectivity index is 0.000000154. The van der Waals surface area contributed by atoms with Gasteiger partial charge in [0.05, 0.1) is 34.3 Å². The molecule has 12 heteroatoms. The number of hydrogen-bond acceptors (Lipinski definition) is 10. The van der Waals surface area contributed by atoms with Gasteiger partial charge in [-0.3, -0.25) is 9.59 Å². The van der Waals surface area contributed by atoms with Gasteiger partial charge in [0.2, 0.25) is 23.3 Å². The average molecular weight is 799 g/mol. The van der Waals surface area contributed by atoms with Gasteiger partial charge in [0.15, 0.2) is 11.6 Å². The molecule has 2 atom stereocenters. The molecule has 4 aromatic carbocycles. The lowest BCUT2D eigenvalue weighted by atomic mass is 10.0. The molecule has 0 radical (unpaired) electrons. The number of nitrogens with one attached hydrogen (secondary N) is 2. The number of ketones is 2. The lowest BCUT2D eigenvalue weighted by Gasteiger charge is -2.24. The van der Waals surface area contributed by atoms with E-state index < -0.39 is 0 Å². The van der Waals surface area contributed by atoms with E-state index in [1.54, 1.807) is 60.9 Å². The largest absolute Gasteiger partial charge is 0.439 e. The fourth-order valence-corrected chi connectivity index (χ4v) is 7.41. The summed E-state index contributed by atoms with van der Waals surface area (Å²) >= 11 is 0. The Morgan fingerprint density at radius 1 is 0.517 bits per heavy atom. The number of benzene rings is 4. The van der Waals surface area contributed by atoms with Crippen molar-refractivity contribution in [2.24, 2.45) is 0 Å². The van der Waals surface area contributed by atoms with Gasteiger partial charge in [0.1, 0.15) is 11.5 Å². The molecule has 6 heterocycles. The molecule has 0 saturated carbocycles. The summed E-state index contributed by atoms with van der Waals surface area (Å²) in [6.07, 6.45) is 9.83. The minimum Gasteiger partial charge on any atom is -0.439 e. The van der Waals surface area contributed by atoms with Crippen molar-refractivity contribution in [2.75, 3.05) is 13.2 Å². The van der Waals surface area contributed by atoms with Crippen LogP contribution in [0.5, 0.6) is 23.3 Å². The molecule has 300 valence electrons. The first-order valence-corrected chi connectivity index (χ1v) is 20.2. The van der Waals surface area contributed by atoms with Crippen molar-refractivity contribution in [2.45, 2.75) is 50.7 Å². The smallest absolute Gasteiger partial charge is 0.228 e. The first kappa shape index (κ1) is 38.5. The van der Waals surface area contributed by atoms with Crippen LogP contribution in [0.2, 0.25) is 0 Å². The summed E-state index contributed by atoms with van der Waals surface area (Å²) in [4.78, 5) is 49.3. The minimum atomic E-state index is -0.160. The summed E-state index contributed by atoms with van der Waals surface area (Å²) in [5.41, 5.74) is 6.22. The third kappa shape index (κ3) is 8.70. The Kier molecular flexibility index (Phi) is 11.5. The zero-order valence-corrected chi connectivity index (χ0v) is 32.8. The zero-order chi connectivity index (χ0) is 40.7. The van der Waals surface area contributed by atoms with Gasteiger partial charge in [-0.05, 0) is 136 Å². The van der Waals surface area contributed by atoms with Gasteiger partial charge in [-0.2, -0.15) is 0 Å². The third-order valence-corrected chi connectivity index (χ3v) is 10.5. The molecule has 2 N–H and O–H groups in total. The predicted molar refractivity (Wildman–Crippen MR) is 226 cm³/mol. The molecule has 2 fully saturated rings. The fourth-order valence-electron chi connectivity index (χ4n) is 7.41. The van der Waals surface area contributed by atoms with Crippen LogP contribution < -0.4 is 9.47 Å². The summed E-state index contributed by atoms with van der Waals surface area (Å²) in [5.74, 6) is 2.65. The maximum atomic E-state index is 12.8. The topological polar surface area (TPSA) is 154 Å². The van der Waals surface area contributed by atoms with Crippen molar-refractivity contribution in [1.82, 2.24) is 29.9 Å². The van der Waals surface area contributed by atoms with Crippen LogP contribution in [0.25, 0.3) is 22.1 Å². The number of hydrogen-bond donors (Lipinski definition) is 2. The van der Waals surface area contributed by atoms with Gasteiger partial charge in [0.25, 0.3) is 0 Å². The van der Waals surface area contributed by atoms with Gasteiger partial charge >= 0.3 is 0 Å². The molecule has 0 aliphatic carbocycles. The lowest BCUT2D eigenvalue weighted by molar-refractivity contribution is 0.0134. The van der Waals surface area contributed by atoms with Crippen molar-refractivity contribution < 1.29 is 28.5 Å². The molecule has 2 saturated heterocycles. The van der Waals surface area contributed by atoms with Crippen LogP contribution in [-0.4, -0.2) is 54.7 Å². The van der Waals surface area contributed by atoms with Crippen LogP contribution in [0, 0.1) is 0 Å². The second-order valence-corrected chi connectivity index (χ2v) is 14.6. The van der Waals surface area contributed by atoms with Crippen molar-refractivity contribution >= 4 is 33.6 Å². The number of carbonyl (C=O) groups is 2. The molecule has 2 aliphatic heterocycles. The maximum Gasteiger partial charge on any atom is 0.228 e. The molecular weight excluding hydrogens is 757 g/mol. The van der Waals surface area contributed by atoms with E-state index in [0.29, 0.717) is 46.0 Å². The highest BCUT2D eigenvalue weighted by atomic mass is 16.5. The Morgan fingerprint density at radius 3 is 1.35 bits per heavy atom. The first-order chi connectivity index (χ1) is 29.6. The van der Waals surface area contributed by atoms with E-state index in [1.807, 2.05) is 72.8 Å². The molecule has 0 unspecified atom stereocenters. The maximum absolute atomic E-state index is 12.8. The SMILES string of the molecule is O=C(c1ccc(Oc2ncccc2[C@@H]2CCCCO2)cc1)c1nc2ccccc2[nH]1.O=C(c1ccc(Oc2ncccc2[C@H]2CCCCO2)cc1)c1nc2ccccc2[nH]1. The highest BCUT2D eigenvalue weighted by Crippen LogP contribution is 2.36. The number of para-hydroxylation sites is 4. The van der Waals surface area contributed by atoms with E-state index in [4.69, 9.17) is 18.9 Å². The number of aromatic nitrogens is 6. The van der Waals surface area contributed by atoms with Crippen LogP contribution in [0.4, 0.5) is 0 Å². The number of H-pyrrole nitrogens is 2. The molecule has 0 amide bonds. The fraction of sp³-hybridized carbons (Fsp3) is 0.208. The van der Waals surface area contributed by atoms with Crippen molar-refractivity contribution in [3.8, 4) is 23.3 Å². The van der Waals surface area contributed by atoms with Gasteiger partial charge in [0, 0.05) is 47.9 Å². The number of aromatic amines is 2. The molecule has 2 aliphatic rings. The Bertz CT molecular complexity index is 2480. The number of fused-ring (bicyclic) bond motifs is 2. The lowest BCUT2D eigenvalue weighted by Crippen LogP contribution is -2.12. The highest BCUT2D eigenvalue weighted by Gasteiger charge is 2.23. The van der Waals surface area contributed by atoms with E-state index in [0.717, 1.165) is 84.9 Å². The highest BCUT2D eigenvalue weighted by molar-refractivity contribution is 6.08. The van der Waals surface area contributed by atoms with Crippen LogP contribution in [-0.2, 0) is 9.47 Å². The average Bonchev–Trinajstić information content (AvgIpc) is 3.96. The molecule has 10 rings (SSSR count). The van der Waals surface area contributed by atoms with Crippen molar-refractivity contribution in [3.05, 3.63) is 168 Å². The second kappa shape index (κ2) is 17.9. The first-order valence-electron chi connectivity index (χ1n) is 20.2. The zero-order valence-electron chi connectivity index (χ0n) is 32.8. The molecule has 0 bridgehead atoms. The van der Waals surface area contributed by atoms with Gasteiger partial charge in [-0.25, -0.2) is 19.9 Å². The Hall–Kier alpha value is -7.02. The third-order valence-electron chi connectivity index (χ3n) is 10.5. The monoisotopic (exact) mass is 798 g/mol. The van der Waals surface area contributed by atoms with E-state index >= 15 is 0 Å². The van der Waals surface area contributed by atoms with E-state index in [2.05, 4.69) is 29.9 Å². The summed E-state index contributed by atoms with van der Waals surface area (Å²) in [6, 6.07) is 37.0. The molecule has 60 heavy (non-hydrogen) atoms. The summed E-state index contributed by atoms with van der Waals surface area (Å²) < 4.78 is 23.8. The number of pyridine rings is 2. The number of imidazole rings is 2. The number of carbonyl (C=O) groups excluding carboxylic acids is 2. The standard InChI is InChI=1S/2C24H21N3O3/c2*28-22(23-26-19-7-1-2-8-20(19)27-23)16-10-12-17(13-11-16)30-24-18(6-5-14-25-24)21-9-3-4-15-29-21/h2*1-2,5-8,10-14,21H,3-4,9,15H2,(H,26,27)/t2*21-/m10/s1. The van der Waals surface area contributed by atoms with Gasteiger partial charge < -0.3 is 28.9 Å². The van der Waals surface area contributed by atoms with Gasteiger partial charge in [-0.15, -0.1) is 0 Å². The summed E-state index contributed by atoms with van der Waals surface area (Å²) in [5, 5.41) is 0. The minimum absolute atomic E-state index is 0.0105. The van der Waals surface area contributed by atoms with E-state index in [9.17, 15) is 9.59 Å². The van der Waals surface area contributed by atoms with Crippen LogP contribution in [0.15, 0.2) is 134 Å². The second-order valence-electron chi connectivity index (χ2n) is 14.6. The molecule has 8 aromatic rings. The van der Waals surface area contributed by atoms with Crippen molar-refractivity contribution in [3.63, 3.8) is 0 Å². The Labute approximate surface area is 346 Å². The predicted octanol–water partition coefficient (Wildman–Crippen LogP) is 10.4. The molecule has 4 aromatic heterocycles. The summed E-state index contributed by atoms with van der Waals surface area (Å²) in [6.45, 7) is 1.52. The number of ether oxygens (including phenoxy) is 4. The van der Waals surface area contributed by atoms with Crippen LogP contribution in [0.1, 0.15) is 94.2 Å². The van der Waals surface area contributed by atoms with E-state index in [1.165, 1.54) is 0 Å². The molecular formula is C48H42N6O6. The quantitative estimate of drug-likeness (QED) is 0.128. The summed E-state index contributed by atoms with van der Waals surface area (Å²) in [7, 11) is 0.